The third kappa shape index (κ3) is 4.57. The van der Waals surface area contributed by atoms with Crippen LogP contribution in [0, 0.1) is 17.1 Å². The first-order valence-electron chi connectivity index (χ1n) is 9.57. The van der Waals surface area contributed by atoms with E-state index in [1.165, 1.54) is 12.1 Å². The topological polar surface area (TPSA) is 110 Å². The monoisotopic (exact) mass is 428 g/mol. The Morgan fingerprint density at radius 2 is 1.91 bits per heavy atom. The number of benzene rings is 3. The van der Waals surface area contributed by atoms with Crippen LogP contribution >= 0.6 is 0 Å². The molecule has 7 nitrogen and oxygen atoms in total. The summed E-state index contributed by atoms with van der Waals surface area (Å²) in [6.07, 6.45) is 1.55. The van der Waals surface area contributed by atoms with E-state index in [1.54, 1.807) is 24.4 Å². The fraction of sp³-hybridized carbons (Fsp3) is 0.0417. The van der Waals surface area contributed by atoms with Crippen molar-refractivity contribution in [3.05, 3.63) is 89.9 Å². The van der Waals surface area contributed by atoms with Gasteiger partial charge in [0.25, 0.3) is 0 Å². The first-order valence-corrected chi connectivity index (χ1v) is 9.57. The van der Waals surface area contributed by atoms with Crippen LogP contribution in [0.1, 0.15) is 11.1 Å². The molecule has 0 saturated heterocycles. The van der Waals surface area contributed by atoms with Crippen LogP contribution in [-0.4, -0.2) is 11.0 Å². The summed E-state index contributed by atoms with van der Waals surface area (Å²) < 4.78 is 25.9. The number of nitrogens with two attached hydrogens (primary N) is 1. The quantitative estimate of drug-likeness (QED) is 0.444. The molecule has 3 N–H and O–H groups in total. The Hall–Kier alpha value is -4.64. The first-order chi connectivity index (χ1) is 15.5. The standard InChI is InChI=1S/C24H17FN4O3/c25-19-11-17(6-7-20(19)29-24(27)30)32-22-8-9-28-21-12-23(16(13-26)10-18(21)22)31-14-15-4-2-1-3-5-15/h1-12H,14H2,(H3,27,29,30). The smallest absolute Gasteiger partial charge is 0.316 e. The zero-order valence-corrected chi connectivity index (χ0v) is 16.7. The highest BCUT2D eigenvalue weighted by Crippen LogP contribution is 2.34. The van der Waals surface area contributed by atoms with Crippen molar-refractivity contribution in [2.75, 3.05) is 5.32 Å². The van der Waals surface area contributed by atoms with E-state index >= 15 is 0 Å². The normalized spacial score (nSPS) is 10.4. The van der Waals surface area contributed by atoms with Gasteiger partial charge < -0.3 is 20.5 Å². The van der Waals surface area contributed by atoms with Crippen LogP contribution in [-0.2, 0) is 6.61 Å². The number of halogens is 1. The number of nitrogens with zero attached hydrogens (tertiary/aromatic N) is 2. The average Bonchev–Trinajstić information content (AvgIpc) is 2.79. The number of fused-ring (bicyclic) bond motifs is 1. The molecule has 0 aliphatic carbocycles. The van der Waals surface area contributed by atoms with Gasteiger partial charge in [-0.3, -0.25) is 4.98 Å². The van der Waals surface area contributed by atoms with Gasteiger partial charge in [-0.2, -0.15) is 5.26 Å². The van der Waals surface area contributed by atoms with Gasteiger partial charge >= 0.3 is 6.03 Å². The van der Waals surface area contributed by atoms with Crippen LogP contribution in [0.2, 0.25) is 0 Å². The van der Waals surface area contributed by atoms with Crippen molar-refractivity contribution >= 4 is 22.6 Å². The molecule has 8 heteroatoms. The Balaban J connectivity index is 1.63. The number of rotatable bonds is 6. The summed E-state index contributed by atoms with van der Waals surface area (Å²) in [6.45, 7) is 0.308. The number of anilines is 1. The minimum absolute atomic E-state index is 0.0589. The van der Waals surface area contributed by atoms with Crippen LogP contribution in [0.4, 0.5) is 14.9 Å². The number of urea groups is 1. The Labute approximate surface area is 182 Å². The van der Waals surface area contributed by atoms with Crippen LogP contribution in [0.5, 0.6) is 17.2 Å². The molecule has 0 spiro atoms. The number of primary amides is 1. The van der Waals surface area contributed by atoms with Crippen molar-refractivity contribution in [1.29, 1.82) is 5.26 Å². The molecule has 0 aliphatic rings. The molecule has 0 unspecified atom stereocenters. The molecule has 2 amide bonds. The van der Waals surface area contributed by atoms with Crippen LogP contribution < -0.4 is 20.5 Å². The lowest BCUT2D eigenvalue weighted by Gasteiger charge is -2.13. The molecule has 0 atom stereocenters. The molecule has 158 valence electrons. The van der Waals surface area contributed by atoms with Gasteiger partial charge in [0.15, 0.2) is 0 Å². The summed E-state index contributed by atoms with van der Waals surface area (Å²) in [5.41, 5.74) is 6.80. The van der Waals surface area contributed by atoms with Crippen molar-refractivity contribution in [3.8, 4) is 23.3 Å². The van der Waals surface area contributed by atoms with Crippen molar-refractivity contribution in [2.45, 2.75) is 6.61 Å². The van der Waals surface area contributed by atoms with E-state index in [9.17, 15) is 14.4 Å². The fourth-order valence-electron chi connectivity index (χ4n) is 3.10. The lowest BCUT2D eigenvalue weighted by atomic mass is 10.1. The second kappa shape index (κ2) is 9.02. The average molecular weight is 428 g/mol. The maximum atomic E-state index is 14.2. The number of nitrogens with one attached hydrogen (secondary N) is 1. The molecule has 4 aromatic rings. The second-order valence-electron chi connectivity index (χ2n) is 6.79. The van der Waals surface area contributed by atoms with Crippen LogP contribution in [0.15, 0.2) is 72.9 Å². The highest BCUT2D eigenvalue weighted by molar-refractivity contribution is 5.89. The van der Waals surface area contributed by atoms with Gasteiger partial charge in [0.05, 0.1) is 16.8 Å². The lowest BCUT2D eigenvalue weighted by Crippen LogP contribution is -2.19. The summed E-state index contributed by atoms with van der Waals surface area (Å²) in [7, 11) is 0. The maximum absolute atomic E-state index is 14.2. The molecule has 3 aromatic carbocycles. The van der Waals surface area contributed by atoms with Gasteiger partial charge in [-0.05, 0) is 29.8 Å². The van der Waals surface area contributed by atoms with Gasteiger partial charge in [0.2, 0.25) is 0 Å². The molecule has 0 aliphatic heterocycles. The summed E-state index contributed by atoms with van der Waals surface area (Å²) in [4.78, 5) is 15.3. The summed E-state index contributed by atoms with van der Waals surface area (Å²) in [5, 5.41) is 12.4. The first kappa shape index (κ1) is 20.6. The number of hydrogen-bond acceptors (Lipinski definition) is 5. The van der Waals surface area contributed by atoms with Crippen molar-refractivity contribution in [3.63, 3.8) is 0 Å². The van der Waals surface area contributed by atoms with E-state index in [0.717, 1.165) is 11.6 Å². The fourth-order valence-corrected chi connectivity index (χ4v) is 3.10. The Bertz CT molecular complexity index is 1340. The number of carbonyl (C=O) groups excluding carboxylic acids is 1. The van der Waals surface area contributed by atoms with Crippen molar-refractivity contribution in [2.24, 2.45) is 5.73 Å². The lowest BCUT2D eigenvalue weighted by molar-refractivity contribution is 0.259. The van der Waals surface area contributed by atoms with Crippen molar-refractivity contribution in [1.82, 2.24) is 4.98 Å². The highest BCUT2D eigenvalue weighted by Gasteiger charge is 2.13. The van der Waals surface area contributed by atoms with Crippen LogP contribution in [0.3, 0.4) is 0 Å². The Morgan fingerprint density at radius 3 is 2.62 bits per heavy atom. The number of nitriles is 1. The third-order valence-electron chi connectivity index (χ3n) is 4.59. The molecular weight excluding hydrogens is 411 g/mol. The second-order valence-corrected chi connectivity index (χ2v) is 6.79. The molecule has 32 heavy (non-hydrogen) atoms. The van der Waals surface area contributed by atoms with E-state index < -0.39 is 11.8 Å². The largest absolute Gasteiger partial charge is 0.487 e. The van der Waals surface area contributed by atoms with E-state index in [2.05, 4.69) is 16.4 Å². The highest BCUT2D eigenvalue weighted by atomic mass is 19.1. The predicted molar refractivity (Wildman–Crippen MR) is 117 cm³/mol. The predicted octanol–water partition coefficient (Wildman–Crippen LogP) is 5.11. The Morgan fingerprint density at radius 1 is 1.09 bits per heavy atom. The molecule has 4 rings (SSSR count). The zero-order valence-electron chi connectivity index (χ0n) is 16.7. The van der Waals surface area contributed by atoms with E-state index in [1.807, 2.05) is 30.3 Å². The van der Waals surface area contributed by atoms with Gasteiger partial charge in [-0.25, -0.2) is 9.18 Å². The number of pyridine rings is 1. The molecule has 1 heterocycles. The van der Waals surface area contributed by atoms with Crippen molar-refractivity contribution < 1.29 is 18.7 Å². The third-order valence-corrected chi connectivity index (χ3v) is 4.59. The summed E-state index contributed by atoms with van der Waals surface area (Å²) in [5.74, 6) is 0.291. The minimum Gasteiger partial charge on any atom is -0.487 e. The van der Waals surface area contributed by atoms with Gasteiger partial charge in [0.1, 0.15) is 35.7 Å². The molecular formula is C24H17FN4O3. The van der Waals surface area contributed by atoms with Crippen LogP contribution in [0.25, 0.3) is 10.9 Å². The zero-order chi connectivity index (χ0) is 22.5. The Kier molecular flexibility index (Phi) is 5.81. The molecule has 0 bridgehead atoms. The maximum Gasteiger partial charge on any atom is 0.316 e. The van der Waals surface area contributed by atoms with E-state index in [0.29, 0.717) is 34.6 Å². The number of hydrogen-bond donors (Lipinski definition) is 2. The number of carbonyl (C=O) groups is 1. The number of amides is 2. The molecule has 0 radical (unpaired) electrons. The summed E-state index contributed by atoms with van der Waals surface area (Å²) in [6, 6.07) is 19.7. The van der Waals surface area contributed by atoms with E-state index in [4.69, 9.17) is 15.2 Å². The van der Waals surface area contributed by atoms with Gasteiger partial charge in [-0.15, -0.1) is 0 Å². The molecule has 1 aromatic heterocycles. The minimum atomic E-state index is -0.869. The molecule has 0 fully saturated rings. The number of ether oxygens (including phenoxy) is 2. The van der Waals surface area contributed by atoms with Gasteiger partial charge in [0, 0.05) is 23.7 Å². The van der Waals surface area contributed by atoms with E-state index in [-0.39, 0.29) is 11.4 Å². The molecule has 0 saturated carbocycles. The summed E-state index contributed by atoms with van der Waals surface area (Å²) >= 11 is 0. The van der Waals surface area contributed by atoms with Gasteiger partial charge in [-0.1, -0.05) is 30.3 Å². The SMILES string of the molecule is N#Cc1cc2c(Oc3ccc(NC(N)=O)c(F)c3)ccnc2cc1OCc1ccccc1. The number of aromatic nitrogens is 1.